The van der Waals surface area contributed by atoms with Gasteiger partial charge in [-0.3, -0.25) is 0 Å². The largest absolute Gasteiger partial charge is 0.453 e. The fraction of sp³-hybridized carbons (Fsp3) is 0.639. The fourth-order valence-electron chi connectivity index (χ4n) is 4.98. The smallest absolute Gasteiger partial charge is 0.406 e. The Bertz CT molecular complexity index is 985. The van der Waals surface area contributed by atoms with Crippen LogP contribution in [-0.4, -0.2) is 78.4 Å². The van der Waals surface area contributed by atoms with E-state index < -0.39 is 14.4 Å². The molecule has 0 saturated carbocycles. The van der Waals surface area contributed by atoms with E-state index in [1.807, 2.05) is 21.6 Å². The number of nitrogens with one attached hydrogen (secondary N) is 1. The van der Waals surface area contributed by atoms with Gasteiger partial charge in [-0.15, -0.1) is 0 Å². The normalized spacial score (nSPS) is 11.9. The molecule has 1 N–H and O–H groups in total. The Balaban J connectivity index is 0.000000636. The molecule has 46 heavy (non-hydrogen) atoms. The predicted molar refractivity (Wildman–Crippen MR) is 200 cm³/mol. The molecule has 262 valence electrons. The predicted octanol–water partition coefficient (Wildman–Crippen LogP) is 8.06. The van der Waals surface area contributed by atoms with Crippen LogP contribution >= 0.6 is 21.6 Å². The zero-order valence-corrected chi connectivity index (χ0v) is 32.4. The highest BCUT2D eigenvalue weighted by molar-refractivity contribution is 8.77. The summed E-state index contributed by atoms with van der Waals surface area (Å²) in [5.74, 6) is 0.757. The van der Waals surface area contributed by atoms with Crippen molar-refractivity contribution in [3.63, 3.8) is 0 Å². The molecule has 0 unspecified atom stereocenters. The van der Waals surface area contributed by atoms with Gasteiger partial charge in [-0.05, 0) is 54.9 Å². The van der Waals surface area contributed by atoms with Crippen LogP contribution in [0.3, 0.4) is 0 Å². The first kappa shape index (κ1) is 42.5. The van der Waals surface area contributed by atoms with Crippen molar-refractivity contribution in [3.05, 3.63) is 60.7 Å². The fourth-order valence-corrected chi connectivity index (χ4v) is 12.0. The number of methoxy groups -OCH3 is 1. The molecule has 0 aliphatic heterocycles. The van der Waals surface area contributed by atoms with Gasteiger partial charge in [0.1, 0.15) is 5.94 Å². The Labute approximate surface area is 289 Å². The molecule has 10 heteroatoms. The number of hydrogen-bond donors (Lipinski definition) is 1. The van der Waals surface area contributed by atoms with Crippen LogP contribution in [0.5, 0.6) is 0 Å². The van der Waals surface area contributed by atoms with Gasteiger partial charge in [0.05, 0.1) is 26.9 Å². The molecule has 0 aromatic heterocycles. The topological polar surface area (TPSA) is 75.3 Å². The molecule has 0 fully saturated rings. The maximum Gasteiger partial charge on any atom is 0.406 e. The summed E-state index contributed by atoms with van der Waals surface area (Å²) in [6.45, 7) is 20.4. The molecule has 0 radical (unpaired) electrons. The number of amides is 1. The quantitative estimate of drug-likeness (QED) is 0.0574. The Morgan fingerprint density at radius 3 is 1.83 bits per heavy atom. The summed E-state index contributed by atoms with van der Waals surface area (Å²) < 4.78 is 27.9. The van der Waals surface area contributed by atoms with Crippen molar-refractivity contribution in [1.29, 1.82) is 0 Å². The highest BCUT2D eigenvalue weighted by Gasteiger charge is 2.49. The Morgan fingerprint density at radius 1 is 0.739 bits per heavy atom. The van der Waals surface area contributed by atoms with E-state index in [1.54, 1.807) is 0 Å². The van der Waals surface area contributed by atoms with Gasteiger partial charge < -0.3 is 28.7 Å². The molecule has 0 heterocycles. The van der Waals surface area contributed by atoms with Crippen LogP contribution in [0.2, 0.25) is 5.04 Å². The first-order valence-electron chi connectivity index (χ1n) is 16.6. The second-order valence-electron chi connectivity index (χ2n) is 12.6. The van der Waals surface area contributed by atoms with Gasteiger partial charge >= 0.3 is 6.09 Å². The first-order valence-corrected chi connectivity index (χ1v) is 20.9. The van der Waals surface area contributed by atoms with E-state index in [-0.39, 0.29) is 5.04 Å². The summed E-state index contributed by atoms with van der Waals surface area (Å²) in [5, 5.41) is 5.23. The number of hydrogen-bond acceptors (Lipinski definition) is 8. The molecule has 0 aliphatic carbocycles. The number of benzene rings is 2. The van der Waals surface area contributed by atoms with E-state index >= 15 is 0 Å². The van der Waals surface area contributed by atoms with E-state index in [0.717, 1.165) is 45.0 Å². The van der Waals surface area contributed by atoms with Crippen LogP contribution in [0.1, 0.15) is 80.6 Å². The third-order valence-corrected chi connectivity index (χ3v) is 15.2. The second kappa shape index (κ2) is 24.6. The molecule has 7 nitrogen and oxygen atoms in total. The van der Waals surface area contributed by atoms with Crippen LogP contribution in [-0.2, 0) is 23.4 Å². The van der Waals surface area contributed by atoms with Crippen molar-refractivity contribution in [2.24, 2.45) is 0 Å². The lowest BCUT2D eigenvalue weighted by molar-refractivity contribution is 0.0489. The van der Waals surface area contributed by atoms with Gasteiger partial charge in [-0.25, -0.2) is 4.79 Å². The molecule has 2 aromatic rings. The molecular weight excluding hydrogens is 635 g/mol. The molecule has 0 aliphatic rings. The summed E-state index contributed by atoms with van der Waals surface area (Å²) in [7, 11) is 2.70. The number of ether oxygens (including phenoxy) is 4. The van der Waals surface area contributed by atoms with Crippen LogP contribution in [0.15, 0.2) is 60.7 Å². The number of carbonyl (C=O) groups is 1. The summed E-state index contributed by atoms with van der Waals surface area (Å²) in [6.07, 6.45) is 5.10. The van der Waals surface area contributed by atoms with E-state index in [0.29, 0.717) is 31.1 Å². The average Bonchev–Trinajstić information content (AvgIpc) is 3.03. The SMILES string of the molecule is CCCC(C)(C)SSCOCCCCO[Si](c1ccccc1)(c1ccccc1)C(C)(C)C.CCCOCCOCCNC(=O)OC. The highest BCUT2D eigenvalue weighted by atomic mass is 33.1. The van der Waals surface area contributed by atoms with Crippen molar-refractivity contribution >= 4 is 46.4 Å². The molecule has 0 bridgehead atoms. The third kappa shape index (κ3) is 17.0. The molecule has 0 saturated heterocycles. The minimum atomic E-state index is -2.41. The van der Waals surface area contributed by atoms with Gasteiger partial charge in [0.25, 0.3) is 8.32 Å². The lowest BCUT2D eigenvalue weighted by atomic mass is 10.1. The Hall–Kier alpha value is -1.53. The van der Waals surface area contributed by atoms with Gasteiger partial charge in [0, 0.05) is 31.1 Å². The minimum absolute atomic E-state index is 0.0331. The van der Waals surface area contributed by atoms with Crippen LogP contribution in [0, 0.1) is 0 Å². The maximum absolute atomic E-state index is 10.6. The summed E-state index contributed by atoms with van der Waals surface area (Å²) in [5.41, 5.74) is 0. The van der Waals surface area contributed by atoms with Crippen LogP contribution in [0.4, 0.5) is 4.79 Å². The minimum Gasteiger partial charge on any atom is -0.453 e. The van der Waals surface area contributed by atoms with Crippen molar-refractivity contribution in [2.45, 2.75) is 90.4 Å². The summed E-state index contributed by atoms with van der Waals surface area (Å²) in [6, 6.07) is 21.7. The van der Waals surface area contributed by atoms with E-state index in [9.17, 15) is 4.79 Å². The molecule has 2 rings (SSSR count). The van der Waals surface area contributed by atoms with E-state index in [2.05, 4.69) is 119 Å². The van der Waals surface area contributed by atoms with Gasteiger partial charge in [0.2, 0.25) is 0 Å². The van der Waals surface area contributed by atoms with Gasteiger partial charge in [-0.2, -0.15) is 0 Å². The number of rotatable bonds is 22. The van der Waals surface area contributed by atoms with Gasteiger partial charge in [0.15, 0.2) is 0 Å². The van der Waals surface area contributed by atoms with Crippen molar-refractivity contribution in [3.8, 4) is 0 Å². The standard InChI is InChI=1S/C27H42O2S2Si.C9H19NO4/c1-7-20-27(5,6)31-30-23-28-21-14-15-22-29-32(26(2,3)4,24-16-10-8-11-17-24)25-18-12-9-13-19-25;1-3-5-13-7-8-14-6-4-10-9(11)12-2/h8-13,16-19H,7,14-15,20-23H2,1-6H3;3-8H2,1-2H3,(H,10,11). The average molecular weight is 696 g/mol. The van der Waals surface area contributed by atoms with Crippen LogP contribution < -0.4 is 15.7 Å². The number of alkyl carbamates (subject to hydrolysis) is 1. The zero-order valence-electron chi connectivity index (χ0n) is 29.7. The lowest BCUT2D eigenvalue weighted by Crippen LogP contribution is -2.66. The van der Waals surface area contributed by atoms with Crippen LogP contribution in [0.25, 0.3) is 0 Å². The third-order valence-electron chi connectivity index (χ3n) is 7.11. The highest BCUT2D eigenvalue weighted by Crippen LogP contribution is 2.39. The van der Waals surface area contributed by atoms with E-state index in [1.165, 1.54) is 30.3 Å². The maximum atomic E-state index is 10.6. The Morgan fingerprint density at radius 2 is 1.30 bits per heavy atom. The number of unbranched alkanes of at least 4 members (excludes halogenated alkanes) is 1. The van der Waals surface area contributed by atoms with Crippen molar-refractivity contribution in [1.82, 2.24) is 5.32 Å². The Kier molecular flexibility index (Phi) is 22.7. The molecule has 0 atom stereocenters. The first-order chi connectivity index (χ1) is 22.0. The molecular formula is C36H61NO6S2Si. The summed E-state index contributed by atoms with van der Waals surface area (Å²) in [4.78, 5) is 10.6. The zero-order chi connectivity index (χ0) is 34.2. The summed E-state index contributed by atoms with van der Waals surface area (Å²) >= 11 is 0. The van der Waals surface area contributed by atoms with Gasteiger partial charge in [-0.1, -0.05) is 123 Å². The van der Waals surface area contributed by atoms with Crippen molar-refractivity contribution in [2.75, 3.05) is 59.2 Å². The second-order valence-corrected chi connectivity index (χ2v) is 19.9. The van der Waals surface area contributed by atoms with E-state index in [4.69, 9.17) is 18.6 Å². The molecule has 0 spiro atoms. The monoisotopic (exact) mass is 695 g/mol. The molecule has 2 aromatic carbocycles. The molecule has 1 amide bonds. The van der Waals surface area contributed by atoms with Crippen molar-refractivity contribution < 1.29 is 28.2 Å². The number of carbonyl (C=O) groups excluding carboxylic acids is 1. The lowest BCUT2D eigenvalue weighted by Gasteiger charge is -2.43.